The number of nitrogens with one attached hydrogen (secondary N) is 2. The van der Waals surface area contributed by atoms with E-state index in [1.807, 2.05) is 6.07 Å². The van der Waals surface area contributed by atoms with Gasteiger partial charge in [0.1, 0.15) is 5.75 Å². The van der Waals surface area contributed by atoms with Gasteiger partial charge >= 0.3 is 0 Å². The molecule has 1 heterocycles. The molecule has 0 bridgehead atoms. The van der Waals surface area contributed by atoms with Gasteiger partial charge in [-0.05, 0) is 36.8 Å². The quantitative estimate of drug-likeness (QED) is 0.310. The predicted octanol–water partition coefficient (Wildman–Crippen LogP) is 3.92. The molecule has 0 saturated carbocycles. The van der Waals surface area contributed by atoms with Crippen molar-refractivity contribution in [2.45, 2.75) is 6.92 Å². The Bertz CT molecular complexity index is 1180. The summed E-state index contributed by atoms with van der Waals surface area (Å²) in [5.74, 6) is -0.258. The summed E-state index contributed by atoms with van der Waals surface area (Å²) >= 11 is 0. The molecule has 0 spiro atoms. The zero-order valence-electron chi connectivity index (χ0n) is 15.7. The lowest BCUT2D eigenvalue weighted by atomic mass is 9.99. The zero-order chi connectivity index (χ0) is 20.5. The molecule has 144 valence electrons. The Kier molecular flexibility index (Phi) is 4.52. The number of fused-ring (bicyclic) bond motifs is 1. The third kappa shape index (κ3) is 3.55. The first kappa shape index (κ1) is 18.3. The highest BCUT2D eigenvalue weighted by atomic mass is 16.3. The second-order valence-corrected chi connectivity index (χ2v) is 6.87. The van der Waals surface area contributed by atoms with Gasteiger partial charge in [-0.2, -0.15) is 0 Å². The molecule has 0 aliphatic carbocycles. The molecule has 0 aromatic heterocycles. The smallest absolute Gasteiger partial charge is 0.257 e. The van der Waals surface area contributed by atoms with Crippen molar-refractivity contribution in [3.8, 4) is 5.75 Å². The van der Waals surface area contributed by atoms with Crippen LogP contribution in [0.5, 0.6) is 5.75 Å². The minimum atomic E-state index is -0.266. The SMILES string of the molecule is Cc1ccc(NC=C2C(=O)Nc3cc(C(=O)c4cccc(N)c4)ccc32)cc1O. The molecule has 0 unspecified atom stereocenters. The molecule has 0 saturated heterocycles. The predicted molar refractivity (Wildman–Crippen MR) is 114 cm³/mol. The molecular formula is C23H19N3O3. The van der Waals surface area contributed by atoms with Gasteiger partial charge in [-0.25, -0.2) is 0 Å². The van der Waals surface area contributed by atoms with Crippen molar-refractivity contribution >= 4 is 34.3 Å². The van der Waals surface area contributed by atoms with Crippen molar-refractivity contribution in [3.05, 3.63) is 89.1 Å². The Hall–Kier alpha value is -4.06. The van der Waals surface area contributed by atoms with Crippen molar-refractivity contribution in [2.24, 2.45) is 0 Å². The number of nitrogen functional groups attached to an aromatic ring is 1. The third-order valence-corrected chi connectivity index (χ3v) is 4.81. The lowest BCUT2D eigenvalue weighted by Gasteiger charge is -2.06. The van der Waals surface area contributed by atoms with E-state index in [-0.39, 0.29) is 17.4 Å². The summed E-state index contributed by atoms with van der Waals surface area (Å²) in [6.07, 6.45) is 1.59. The van der Waals surface area contributed by atoms with Gasteiger partial charge in [-0.15, -0.1) is 0 Å². The van der Waals surface area contributed by atoms with Gasteiger partial charge in [0.15, 0.2) is 5.78 Å². The maximum absolute atomic E-state index is 12.7. The van der Waals surface area contributed by atoms with E-state index < -0.39 is 0 Å². The van der Waals surface area contributed by atoms with Gasteiger partial charge in [0, 0.05) is 46.0 Å². The van der Waals surface area contributed by atoms with Gasteiger partial charge < -0.3 is 21.5 Å². The highest BCUT2D eigenvalue weighted by Crippen LogP contribution is 2.33. The average Bonchev–Trinajstić information content (AvgIpc) is 3.02. The molecule has 0 atom stereocenters. The molecule has 0 radical (unpaired) electrons. The van der Waals surface area contributed by atoms with Crippen molar-refractivity contribution in [1.82, 2.24) is 0 Å². The number of nitrogens with two attached hydrogens (primary N) is 1. The molecule has 6 nitrogen and oxygen atoms in total. The third-order valence-electron chi connectivity index (χ3n) is 4.81. The fraction of sp³-hybridized carbons (Fsp3) is 0.0435. The summed E-state index contributed by atoms with van der Waals surface area (Å²) in [7, 11) is 0. The van der Waals surface area contributed by atoms with Crippen LogP contribution in [0.4, 0.5) is 17.1 Å². The topological polar surface area (TPSA) is 104 Å². The van der Waals surface area contributed by atoms with Gasteiger partial charge in [0.2, 0.25) is 0 Å². The molecule has 6 heteroatoms. The van der Waals surface area contributed by atoms with Gasteiger partial charge in [0.05, 0.1) is 5.57 Å². The summed E-state index contributed by atoms with van der Waals surface area (Å²) in [5, 5.41) is 15.6. The highest BCUT2D eigenvalue weighted by Gasteiger charge is 2.25. The van der Waals surface area contributed by atoms with Crippen LogP contribution in [-0.2, 0) is 4.79 Å². The number of phenols is 1. The molecular weight excluding hydrogens is 366 g/mol. The van der Waals surface area contributed by atoms with Crippen LogP contribution >= 0.6 is 0 Å². The lowest BCUT2D eigenvalue weighted by Crippen LogP contribution is -2.05. The number of aryl methyl sites for hydroxylation is 1. The van der Waals surface area contributed by atoms with Crippen LogP contribution in [-0.4, -0.2) is 16.8 Å². The molecule has 3 aromatic carbocycles. The number of amides is 1. The van der Waals surface area contributed by atoms with Crippen molar-refractivity contribution < 1.29 is 14.7 Å². The number of carbonyl (C=O) groups is 2. The van der Waals surface area contributed by atoms with Gasteiger partial charge in [-0.1, -0.05) is 30.3 Å². The number of anilines is 3. The first-order chi connectivity index (χ1) is 13.9. The molecule has 1 amide bonds. The van der Waals surface area contributed by atoms with E-state index in [1.54, 1.807) is 67.7 Å². The second-order valence-electron chi connectivity index (χ2n) is 6.87. The fourth-order valence-corrected chi connectivity index (χ4v) is 3.18. The Balaban J connectivity index is 1.61. The Labute approximate surface area is 167 Å². The number of benzene rings is 3. The summed E-state index contributed by atoms with van der Waals surface area (Å²) in [5.41, 5.74) is 10.4. The normalized spacial score (nSPS) is 13.8. The average molecular weight is 385 g/mol. The molecule has 1 aliphatic rings. The maximum atomic E-state index is 12.7. The van der Waals surface area contributed by atoms with Crippen LogP contribution in [0.2, 0.25) is 0 Å². The minimum Gasteiger partial charge on any atom is -0.508 e. The lowest BCUT2D eigenvalue weighted by molar-refractivity contribution is -0.110. The standard InChI is InChI=1S/C23H19N3O3/c1-13-5-7-17(11-21(13)27)25-12-19-18-8-6-15(10-20(18)26-23(19)29)22(28)14-3-2-4-16(24)9-14/h2-12,25,27H,24H2,1H3,(H,26,29). The van der Waals surface area contributed by atoms with Gasteiger partial charge in [0.25, 0.3) is 5.91 Å². The van der Waals surface area contributed by atoms with Crippen molar-refractivity contribution in [3.63, 3.8) is 0 Å². The molecule has 3 aromatic rings. The van der Waals surface area contributed by atoms with E-state index in [2.05, 4.69) is 10.6 Å². The van der Waals surface area contributed by atoms with E-state index >= 15 is 0 Å². The van der Waals surface area contributed by atoms with Crippen LogP contribution in [0, 0.1) is 6.92 Å². The number of hydrogen-bond acceptors (Lipinski definition) is 5. The summed E-state index contributed by atoms with van der Waals surface area (Å²) in [4.78, 5) is 25.1. The van der Waals surface area contributed by atoms with Crippen LogP contribution < -0.4 is 16.4 Å². The summed E-state index contributed by atoms with van der Waals surface area (Å²) < 4.78 is 0. The Morgan fingerprint density at radius 1 is 1.07 bits per heavy atom. The molecule has 1 aliphatic heterocycles. The monoisotopic (exact) mass is 385 g/mol. The minimum absolute atomic E-state index is 0.167. The Morgan fingerprint density at radius 2 is 1.86 bits per heavy atom. The molecule has 5 N–H and O–H groups in total. The molecule has 29 heavy (non-hydrogen) atoms. The second kappa shape index (κ2) is 7.16. The number of ketones is 1. The summed E-state index contributed by atoms with van der Waals surface area (Å²) in [6.45, 7) is 1.81. The van der Waals surface area contributed by atoms with E-state index in [0.717, 1.165) is 5.56 Å². The zero-order valence-corrected chi connectivity index (χ0v) is 15.7. The van der Waals surface area contributed by atoms with Crippen LogP contribution in [0.25, 0.3) is 5.57 Å². The first-order valence-corrected chi connectivity index (χ1v) is 9.05. The van der Waals surface area contributed by atoms with E-state index in [1.165, 1.54) is 0 Å². The van der Waals surface area contributed by atoms with Crippen LogP contribution in [0.3, 0.4) is 0 Å². The number of phenolic OH excluding ortho intramolecular Hbond substituents is 1. The van der Waals surface area contributed by atoms with Crippen LogP contribution in [0.1, 0.15) is 27.0 Å². The number of hydrogen-bond donors (Lipinski definition) is 4. The number of carbonyl (C=O) groups excluding carboxylic acids is 2. The Morgan fingerprint density at radius 3 is 2.62 bits per heavy atom. The van der Waals surface area contributed by atoms with Crippen molar-refractivity contribution in [1.29, 1.82) is 0 Å². The number of aromatic hydroxyl groups is 1. The van der Waals surface area contributed by atoms with Gasteiger partial charge in [-0.3, -0.25) is 9.59 Å². The van der Waals surface area contributed by atoms with Crippen molar-refractivity contribution in [2.75, 3.05) is 16.4 Å². The first-order valence-electron chi connectivity index (χ1n) is 9.05. The fourth-order valence-electron chi connectivity index (χ4n) is 3.18. The largest absolute Gasteiger partial charge is 0.508 e. The van der Waals surface area contributed by atoms with E-state index in [0.29, 0.717) is 39.3 Å². The number of rotatable bonds is 4. The van der Waals surface area contributed by atoms with Crippen LogP contribution in [0.15, 0.2) is 66.9 Å². The van der Waals surface area contributed by atoms with E-state index in [9.17, 15) is 14.7 Å². The molecule has 4 rings (SSSR count). The summed E-state index contributed by atoms with van der Waals surface area (Å²) in [6, 6.07) is 17.1. The highest BCUT2D eigenvalue weighted by molar-refractivity contribution is 6.32. The maximum Gasteiger partial charge on any atom is 0.257 e. The molecule has 0 fully saturated rings. The van der Waals surface area contributed by atoms with E-state index in [4.69, 9.17) is 5.73 Å².